The van der Waals surface area contributed by atoms with Crippen LogP contribution in [0.15, 0.2) is 72.1 Å². The highest BCUT2D eigenvalue weighted by Gasteiger charge is 2.30. The zero-order valence-electron chi connectivity index (χ0n) is 18.9. The first-order valence-electron chi connectivity index (χ1n) is 10.7. The van der Waals surface area contributed by atoms with E-state index in [-0.39, 0.29) is 24.7 Å². The highest BCUT2D eigenvalue weighted by atomic mass is 32.1. The fraction of sp³-hybridized carbons (Fsp3) is 0.154. The molecule has 3 aromatic carbocycles. The molecule has 1 heterocycles. The van der Waals surface area contributed by atoms with Gasteiger partial charge in [-0.25, -0.2) is 9.37 Å². The molecule has 1 aromatic heterocycles. The van der Waals surface area contributed by atoms with Crippen molar-refractivity contribution in [2.75, 3.05) is 7.11 Å². The highest BCUT2D eigenvalue weighted by molar-refractivity contribution is 7.13. The third kappa shape index (κ3) is 6.01. The topological polar surface area (TPSA) is 60.5 Å². The second-order valence-electron chi connectivity index (χ2n) is 7.66. The van der Waals surface area contributed by atoms with E-state index in [0.717, 1.165) is 12.1 Å². The minimum Gasteiger partial charge on any atom is -0.493 e. The normalized spacial score (nSPS) is 11.2. The van der Waals surface area contributed by atoms with Crippen LogP contribution in [0.5, 0.6) is 11.5 Å². The molecule has 4 aromatic rings. The number of nitrogens with zero attached hydrogens (tertiary/aromatic N) is 1. The summed E-state index contributed by atoms with van der Waals surface area (Å²) in [5, 5.41) is 4.69. The maximum Gasteiger partial charge on any atom is 0.416 e. The second-order valence-corrected chi connectivity index (χ2v) is 8.52. The van der Waals surface area contributed by atoms with Gasteiger partial charge in [-0.15, -0.1) is 11.3 Å². The van der Waals surface area contributed by atoms with Gasteiger partial charge in [-0.3, -0.25) is 4.79 Å². The number of nitrogens with one attached hydrogen (secondary N) is 1. The summed E-state index contributed by atoms with van der Waals surface area (Å²) in [5.41, 5.74) is 0.766. The van der Waals surface area contributed by atoms with Crippen molar-refractivity contribution in [1.29, 1.82) is 0 Å². The van der Waals surface area contributed by atoms with Crippen molar-refractivity contribution in [1.82, 2.24) is 10.3 Å². The zero-order valence-corrected chi connectivity index (χ0v) is 19.8. The van der Waals surface area contributed by atoms with Crippen LogP contribution in [-0.4, -0.2) is 18.0 Å². The van der Waals surface area contributed by atoms with Gasteiger partial charge in [-0.1, -0.05) is 30.3 Å². The summed E-state index contributed by atoms with van der Waals surface area (Å²) in [4.78, 5) is 16.8. The van der Waals surface area contributed by atoms with Crippen LogP contribution in [0.4, 0.5) is 17.6 Å². The molecule has 0 unspecified atom stereocenters. The Morgan fingerprint density at radius 1 is 1.03 bits per heavy atom. The van der Waals surface area contributed by atoms with Gasteiger partial charge in [0.15, 0.2) is 11.5 Å². The van der Waals surface area contributed by atoms with Crippen LogP contribution in [0.25, 0.3) is 10.6 Å². The van der Waals surface area contributed by atoms with E-state index in [1.54, 1.807) is 41.8 Å². The first-order chi connectivity index (χ1) is 17.2. The van der Waals surface area contributed by atoms with Gasteiger partial charge in [-0.2, -0.15) is 13.2 Å². The van der Waals surface area contributed by atoms with Gasteiger partial charge in [0.2, 0.25) is 0 Å². The Balaban J connectivity index is 1.42. The zero-order chi connectivity index (χ0) is 25.7. The molecule has 0 aliphatic carbocycles. The van der Waals surface area contributed by atoms with Crippen molar-refractivity contribution in [2.24, 2.45) is 0 Å². The van der Waals surface area contributed by atoms with Crippen molar-refractivity contribution in [3.63, 3.8) is 0 Å². The molecule has 1 N–H and O–H groups in total. The third-order valence-corrected chi connectivity index (χ3v) is 6.09. The Hall–Kier alpha value is -3.92. The van der Waals surface area contributed by atoms with Gasteiger partial charge in [-0.05, 0) is 42.0 Å². The molecule has 0 saturated heterocycles. The molecule has 186 valence electrons. The van der Waals surface area contributed by atoms with Crippen LogP contribution in [0.3, 0.4) is 0 Å². The fourth-order valence-corrected chi connectivity index (χ4v) is 4.13. The average molecular weight is 517 g/mol. The van der Waals surface area contributed by atoms with E-state index >= 15 is 0 Å². The lowest BCUT2D eigenvalue weighted by Gasteiger charge is -2.12. The van der Waals surface area contributed by atoms with Crippen LogP contribution in [0.2, 0.25) is 0 Å². The van der Waals surface area contributed by atoms with Crippen LogP contribution >= 0.6 is 11.3 Å². The summed E-state index contributed by atoms with van der Waals surface area (Å²) in [6.07, 6.45) is -4.46. The number of benzene rings is 3. The third-order valence-electron chi connectivity index (χ3n) is 5.20. The van der Waals surface area contributed by atoms with Crippen molar-refractivity contribution in [2.45, 2.75) is 19.3 Å². The molecule has 0 bridgehead atoms. The number of carbonyl (C=O) groups is 1. The Kier molecular flexibility index (Phi) is 7.54. The van der Waals surface area contributed by atoms with Crippen LogP contribution in [-0.2, 0) is 19.3 Å². The molecule has 0 spiro atoms. The maximum absolute atomic E-state index is 13.8. The first kappa shape index (κ1) is 25.2. The van der Waals surface area contributed by atoms with Crippen molar-refractivity contribution in [3.8, 4) is 22.1 Å². The molecular weight excluding hydrogens is 496 g/mol. The predicted molar refractivity (Wildman–Crippen MR) is 127 cm³/mol. The lowest BCUT2D eigenvalue weighted by atomic mass is 10.1. The standard InChI is InChI=1S/C26H20F4N2O3S/c1-34-23-12-17(9-10-22(23)35-14-18-6-2-3-8-20(18)27)25-32-21(15-36-25)24(33)31-13-16-5-4-7-19(11-16)26(28,29)30/h2-12,15H,13-14H2,1H3,(H,31,33). The summed E-state index contributed by atoms with van der Waals surface area (Å²) >= 11 is 1.23. The molecule has 0 radical (unpaired) electrons. The van der Waals surface area contributed by atoms with E-state index in [9.17, 15) is 22.4 Å². The van der Waals surface area contributed by atoms with E-state index < -0.39 is 17.6 Å². The first-order valence-corrected chi connectivity index (χ1v) is 11.6. The number of aromatic nitrogens is 1. The number of rotatable bonds is 8. The number of alkyl halides is 3. The van der Waals surface area contributed by atoms with Crippen LogP contribution < -0.4 is 14.8 Å². The second kappa shape index (κ2) is 10.8. The quantitative estimate of drug-likeness (QED) is 0.272. The smallest absolute Gasteiger partial charge is 0.416 e. The van der Waals surface area contributed by atoms with Gasteiger partial charge in [0.1, 0.15) is 23.1 Å². The minimum absolute atomic E-state index is 0.0236. The predicted octanol–water partition coefficient (Wildman–Crippen LogP) is 6.49. The lowest BCUT2D eigenvalue weighted by Crippen LogP contribution is -2.23. The van der Waals surface area contributed by atoms with Gasteiger partial charge in [0.05, 0.1) is 12.7 Å². The summed E-state index contributed by atoms with van der Waals surface area (Å²) in [7, 11) is 1.48. The summed E-state index contributed by atoms with van der Waals surface area (Å²) in [5.74, 6) is -0.0452. The molecule has 4 rings (SSSR count). The van der Waals surface area contributed by atoms with E-state index in [2.05, 4.69) is 10.3 Å². The van der Waals surface area contributed by atoms with E-state index in [1.807, 2.05) is 0 Å². The molecule has 10 heteroatoms. The Bertz CT molecular complexity index is 1370. The molecule has 0 saturated carbocycles. The summed E-state index contributed by atoms with van der Waals surface area (Å²) in [6, 6.07) is 16.2. The number of methoxy groups -OCH3 is 1. The lowest BCUT2D eigenvalue weighted by molar-refractivity contribution is -0.137. The SMILES string of the molecule is COc1cc(-c2nc(C(=O)NCc3cccc(C(F)(F)F)c3)cs2)ccc1OCc1ccccc1F. The summed E-state index contributed by atoms with van der Waals surface area (Å²) in [6.45, 7) is -0.0483. The number of amides is 1. The van der Waals surface area contributed by atoms with Gasteiger partial charge >= 0.3 is 6.18 Å². The van der Waals surface area contributed by atoms with Gasteiger partial charge < -0.3 is 14.8 Å². The van der Waals surface area contributed by atoms with Crippen molar-refractivity contribution >= 4 is 17.2 Å². The number of carbonyl (C=O) groups excluding carboxylic acids is 1. The fourth-order valence-electron chi connectivity index (χ4n) is 3.33. The van der Waals surface area contributed by atoms with Crippen LogP contribution in [0.1, 0.15) is 27.2 Å². The minimum atomic E-state index is -4.46. The van der Waals surface area contributed by atoms with E-state index in [1.165, 1.54) is 36.6 Å². The Morgan fingerprint density at radius 2 is 1.83 bits per heavy atom. The number of halogens is 4. The number of thiazole rings is 1. The van der Waals surface area contributed by atoms with Crippen molar-refractivity contribution in [3.05, 3.63) is 100 Å². The molecule has 0 fully saturated rings. The molecule has 0 aliphatic rings. The molecule has 1 amide bonds. The number of hydrogen-bond donors (Lipinski definition) is 1. The number of ether oxygens (including phenoxy) is 2. The largest absolute Gasteiger partial charge is 0.493 e. The summed E-state index contributed by atoms with van der Waals surface area (Å²) < 4.78 is 63.6. The average Bonchev–Trinajstić information content (AvgIpc) is 3.37. The van der Waals surface area contributed by atoms with Crippen molar-refractivity contribution < 1.29 is 31.8 Å². The number of hydrogen-bond acceptors (Lipinski definition) is 5. The molecular formula is C26H20F4N2O3S. The van der Waals surface area contributed by atoms with E-state index in [4.69, 9.17) is 9.47 Å². The molecule has 0 aliphatic heterocycles. The van der Waals surface area contributed by atoms with Gasteiger partial charge in [0.25, 0.3) is 5.91 Å². The maximum atomic E-state index is 13.8. The van der Waals surface area contributed by atoms with E-state index in [0.29, 0.717) is 33.2 Å². The Morgan fingerprint density at radius 3 is 2.58 bits per heavy atom. The monoisotopic (exact) mass is 516 g/mol. The molecule has 5 nitrogen and oxygen atoms in total. The van der Waals surface area contributed by atoms with Crippen LogP contribution in [0, 0.1) is 5.82 Å². The Labute approximate surface area is 208 Å². The molecule has 36 heavy (non-hydrogen) atoms. The van der Waals surface area contributed by atoms with Gasteiger partial charge in [0, 0.05) is 23.1 Å². The molecule has 0 atom stereocenters. The highest BCUT2D eigenvalue weighted by Crippen LogP contribution is 2.34.